The number of carboxylic acids is 1. The van der Waals surface area contributed by atoms with Gasteiger partial charge >= 0.3 is 11.9 Å². The number of halogens is 2. The van der Waals surface area contributed by atoms with Crippen LogP contribution in [0.2, 0.25) is 0 Å². The fourth-order valence-electron chi connectivity index (χ4n) is 4.19. The Balaban J connectivity index is 1.84. The molecular formula is C23H24BrFN4O5S. The van der Waals surface area contributed by atoms with Crippen molar-refractivity contribution in [1.29, 1.82) is 0 Å². The number of aromatic nitrogens is 1. The van der Waals surface area contributed by atoms with Gasteiger partial charge in [0.2, 0.25) is 0 Å². The van der Waals surface area contributed by atoms with Crippen LogP contribution in [0.15, 0.2) is 50.5 Å². The number of thiazole rings is 1. The van der Waals surface area contributed by atoms with Gasteiger partial charge in [-0.3, -0.25) is 14.7 Å². The van der Waals surface area contributed by atoms with E-state index in [9.17, 15) is 19.1 Å². The molecule has 0 bridgehead atoms. The molecule has 1 fully saturated rings. The number of rotatable bonds is 7. The highest BCUT2D eigenvalue weighted by Crippen LogP contribution is 2.37. The third kappa shape index (κ3) is 5.45. The second-order valence-corrected chi connectivity index (χ2v) is 9.70. The van der Waals surface area contributed by atoms with E-state index in [-0.39, 0.29) is 18.7 Å². The minimum absolute atomic E-state index is 0.110. The Kier molecular flexibility index (Phi) is 7.95. The lowest BCUT2D eigenvalue weighted by atomic mass is 9.95. The van der Waals surface area contributed by atoms with Gasteiger partial charge in [-0.05, 0) is 31.5 Å². The molecule has 3 heterocycles. The minimum Gasteiger partial charge on any atom is -0.480 e. The molecule has 1 unspecified atom stereocenters. The lowest BCUT2D eigenvalue weighted by Gasteiger charge is -2.38. The first-order valence-corrected chi connectivity index (χ1v) is 12.7. The van der Waals surface area contributed by atoms with Gasteiger partial charge < -0.3 is 19.9 Å². The van der Waals surface area contributed by atoms with Crippen molar-refractivity contribution < 1.29 is 28.6 Å². The number of benzene rings is 1. The average molecular weight is 567 g/mol. The number of amidine groups is 1. The first-order chi connectivity index (χ1) is 16.8. The van der Waals surface area contributed by atoms with Gasteiger partial charge in [0.05, 0.1) is 24.9 Å². The number of aliphatic imine (C=N–C) groups is 1. The maximum absolute atomic E-state index is 13.9. The molecule has 0 aliphatic carbocycles. The molecule has 9 nitrogen and oxygen atoms in total. The largest absolute Gasteiger partial charge is 0.480 e. The summed E-state index contributed by atoms with van der Waals surface area (Å²) in [6.07, 6.45) is 1.10. The summed E-state index contributed by atoms with van der Waals surface area (Å²) in [6, 6.07) is 2.43. The van der Waals surface area contributed by atoms with Gasteiger partial charge in [0.1, 0.15) is 17.9 Å². The van der Waals surface area contributed by atoms with Crippen LogP contribution >= 0.6 is 27.3 Å². The number of nitrogens with zero attached hydrogens (tertiary/aromatic N) is 3. The van der Waals surface area contributed by atoms with Crippen LogP contribution in [0.4, 0.5) is 4.39 Å². The topological polar surface area (TPSA) is 113 Å². The highest BCUT2D eigenvalue weighted by molar-refractivity contribution is 9.10. The summed E-state index contributed by atoms with van der Waals surface area (Å²) in [5.41, 5.74) is 1.24. The second-order valence-electron chi connectivity index (χ2n) is 7.95. The molecule has 1 aromatic heterocycles. The zero-order valence-corrected chi connectivity index (χ0v) is 21.4. The Morgan fingerprint density at radius 1 is 1.43 bits per heavy atom. The standard InChI is InChI=1S/C23H24BrFN4O5S/c1-3-33-23(32)17-16(11-29-7-8-34-12(2)19(29)22(30)31)27-20(21-26-6-9-35-21)28-18(17)14-5-4-13(25)10-15(14)24/h4-6,9-10,12,18-19H,3,7-8,11H2,1-2H3,(H,27,28)(H,30,31)/t12-,18?,19+/m1/s1. The SMILES string of the molecule is CCOC(=O)C1=C(CN2CCO[C@H](C)[C@H]2C(=O)O)NC(c2nccs2)=NC1c1ccc(F)cc1Br. The fourth-order valence-corrected chi connectivity index (χ4v) is 5.34. The lowest BCUT2D eigenvalue weighted by molar-refractivity contribution is -0.155. The molecular weight excluding hydrogens is 543 g/mol. The smallest absolute Gasteiger partial charge is 0.338 e. The van der Waals surface area contributed by atoms with E-state index in [0.29, 0.717) is 39.7 Å². The van der Waals surface area contributed by atoms with Crippen molar-refractivity contribution in [3.8, 4) is 0 Å². The van der Waals surface area contributed by atoms with Crippen molar-refractivity contribution in [1.82, 2.24) is 15.2 Å². The maximum atomic E-state index is 13.9. The monoisotopic (exact) mass is 566 g/mol. The van der Waals surface area contributed by atoms with Gasteiger partial charge in [-0.25, -0.2) is 14.2 Å². The summed E-state index contributed by atoms with van der Waals surface area (Å²) >= 11 is 4.76. The van der Waals surface area contributed by atoms with Crippen molar-refractivity contribution in [2.75, 3.05) is 26.3 Å². The molecule has 35 heavy (non-hydrogen) atoms. The highest BCUT2D eigenvalue weighted by Gasteiger charge is 2.39. The van der Waals surface area contributed by atoms with Crippen molar-refractivity contribution in [3.05, 3.63) is 61.9 Å². The summed E-state index contributed by atoms with van der Waals surface area (Å²) in [5, 5.41) is 15.4. The van der Waals surface area contributed by atoms with Crippen molar-refractivity contribution >= 4 is 45.0 Å². The number of hydrogen-bond donors (Lipinski definition) is 2. The van der Waals surface area contributed by atoms with Crippen LogP contribution in [0.5, 0.6) is 0 Å². The molecule has 4 rings (SSSR count). The van der Waals surface area contributed by atoms with Crippen LogP contribution in [0.3, 0.4) is 0 Å². The molecule has 2 aromatic rings. The van der Waals surface area contributed by atoms with Crippen LogP contribution in [-0.4, -0.2) is 71.2 Å². The number of morpholine rings is 1. The molecule has 12 heteroatoms. The molecule has 3 atom stereocenters. The summed E-state index contributed by atoms with van der Waals surface area (Å²) in [7, 11) is 0. The number of carbonyl (C=O) groups excluding carboxylic acids is 1. The second kappa shape index (κ2) is 10.9. The predicted octanol–water partition coefficient (Wildman–Crippen LogP) is 3.13. The zero-order chi connectivity index (χ0) is 25.1. The van der Waals surface area contributed by atoms with E-state index in [2.05, 4.69) is 26.2 Å². The van der Waals surface area contributed by atoms with E-state index in [1.807, 2.05) is 0 Å². The number of hydrogen-bond acceptors (Lipinski definition) is 9. The third-order valence-corrected chi connectivity index (χ3v) is 7.19. The Labute approximate surface area is 213 Å². The van der Waals surface area contributed by atoms with E-state index in [4.69, 9.17) is 14.5 Å². The summed E-state index contributed by atoms with van der Waals surface area (Å²) in [5.74, 6) is -1.62. The zero-order valence-electron chi connectivity index (χ0n) is 19.0. The van der Waals surface area contributed by atoms with E-state index >= 15 is 0 Å². The van der Waals surface area contributed by atoms with Crippen LogP contribution in [0.25, 0.3) is 0 Å². The maximum Gasteiger partial charge on any atom is 0.338 e. The van der Waals surface area contributed by atoms with Gasteiger partial charge in [0, 0.05) is 34.8 Å². The normalized spacial score (nSPS) is 23.0. The van der Waals surface area contributed by atoms with Crippen molar-refractivity contribution in [2.45, 2.75) is 32.0 Å². The van der Waals surface area contributed by atoms with Gasteiger partial charge in [-0.15, -0.1) is 11.3 Å². The molecule has 1 saturated heterocycles. The summed E-state index contributed by atoms with van der Waals surface area (Å²) in [4.78, 5) is 36.1. The Bertz CT molecular complexity index is 1170. The fraction of sp³-hybridized carbons (Fsp3) is 0.391. The van der Waals surface area contributed by atoms with Crippen LogP contribution < -0.4 is 5.32 Å². The van der Waals surface area contributed by atoms with Crippen LogP contribution in [0, 0.1) is 5.82 Å². The first kappa shape index (κ1) is 25.4. The lowest BCUT2D eigenvalue weighted by Crippen LogP contribution is -2.56. The number of ether oxygens (including phenoxy) is 2. The number of esters is 1. The quantitative estimate of drug-likeness (QED) is 0.491. The van der Waals surface area contributed by atoms with E-state index in [1.165, 1.54) is 23.5 Å². The average Bonchev–Trinajstić information content (AvgIpc) is 3.33. The number of aliphatic carboxylic acids is 1. The third-order valence-electron chi connectivity index (χ3n) is 5.72. The first-order valence-electron chi connectivity index (χ1n) is 11.0. The summed E-state index contributed by atoms with van der Waals surface area (Å²) < 4.78 is 25.2. The molecule has 0 spiro atoms. The summed E-state index contributed by atoms with van der Waals surface area (Å²) in [6.45, 7) is 4.37. The number of carbonyl (C=O) groups is 2. The molecule has 0 saturated carbocycles. The molecule has 0 amide bonds. The molecule has 186 valence electrons. The van der Waals surface area contributed by atoms with E-state index < -0.39 is 35.9 Å². The molecule has 2 N–H and O–H groups in total. The Hall–Kier alpha value is -2.67. The van der Waals surface area contributed by atoms with Gasteiger partial charge in [0.15, 0.2) is 10.8 Å². The number of nitrogens with one attached hydrogen (secondary N) is 1. The molecule has 1 aromatic carbocycles. The van der Waals surface area contributed by atoms with Crippen LogP contribution in [0.1, 0.15) is 30.5 Å². The van der Waals surface area contributed by atoms with Crippen molar-refractivity contribution in [3.63, 3.8) is 0 Å². The molecule has 2 aliphatic heterocycles. The molecule has 2 aliphatic rings. The van der Waals surface area contributed by atoms with Gasteiger partial charge in [0.25, 0.3) is 0 Å². The van der Waals surface area contributed by atoms with Crippen molar-refractivity contribution in [2.24, 2.45) is 4.99 Å². The van der Waals surface area contributed by atoms with Gasteiger partial charge in [-0.1, -0.05) is 22.0 Å². The Morgan fingerprint density at radius 3 is 2.89 bits per heavy atom. The van der Waals surface area contributed by atoms with E-state index in [0.717, 1.165) is 0 Å². The minimum atomic E-state index is -1.02. The number of carboxylic acid groups (broad SMARTS) is 1. The highest BCUT2D eigenvalue weighted by atomic mass is 79.9. The van der Waals surface area contributed by atoms with Gasteiger partial charge in [-0.2, -0.15) is 0 Å². The Morgan fingerprint density at radius 2 is 2.23 bits per heavy atom. The molecule has 0 radical (unpaired) electrons. The predicted molar refractivity (Wildman–Crippen MR) is 131 cm³/mol. The van der Waals surface area contributed by atoms with E-state index in [1.54, 1.807) is 36.4 Å². The van der Waals surface area contributed by atoms with Crippen LogP contribution in [-0.2, 0) is 19.1 Å².